The number of nitrogens with zero attached hydrogens (tertiary/aromatic N) is 5. The Morgan fingerprint density at radius 2 is 1.82 bits per heavy atom. The average Bonchev–Trinajstić information content (AvgIpc) is 3.17. The van der Waals surface area contributed by atoms with Gasteiger partial charge in [0.05, 0.1) is 5.69 Å². The van der Waals surface area contributed by atoms with Crippen LogP contribution >= 0.6 is 15.9 Å². The first-order valence-corrected chi connectivity index (χ1v) is 9.41. The minimum atomic E-state index is -0.379. The van der Waals surface area contributed by atoms with Gasteiger partial charge in [-0.15, -0.1) is 0 Å². The number of hydrogen-bond donors (Lipinski definition) is 2. The van der Waals surface area contributed by atoms with Gasteiger partial charge < -0.3 is 5.32 Å². The molecule has 28 heavy (non-hydrogen) atoms. The van der Waals surface area contributed by atoms with Crippen molar-refractivity contribution in [3.05, 3.63) is 80.0 Å². The van der Waals surface area contributed by atoms with Gasteiger partial charge in [0.2, 0.25) is 5.95 Å². The zero-order valence-corrected chi connectivity index (χ0v) is 16.3. The molecule has 0 radical (unpaired) electrons. The molecule has 4 aromatic rings. The van der Waals surface area contributed by atoms with Crippen molar-refractivity contribution in [1.82, 2.24) is 30.4 Å². The number of nitrogens with one attached hydrogen (secondary N) is 2. The summed E-state index contributed by atoms with van der Waals surface area (Å²) in [5, 5.41) is 22.0. The van der Waals surface area contributed by atoms with Crippen LogP contribution in [0.2, 0.25) is 0 Å². The quantitative estimate of drug-likeness (QED) is 0.441. The standard InChI is InChI=1S/C19H14BrN7O/c1-10-2-4-12(5-3-10)17-14-15(11-6-8-13(20)9-7-11)22-23-18(28)16(14)21-19-24-25-26-27(17)19/h2-9,17H,1H3,(H,23,28)(H,21,24,26)/t17-/m1/s1. The van der Waals surface area contributed by atoms with Gasteiger partial charge in [0.1, 0.15) is 11.7 Å². The fourth-order valence-corrected chi connectivity index (χ4v) is 3.69. The Morgan fingerprint density at radius 1 is 1.07 bits per heavy atom. The van der Waals surface area contributed by atoms with Gasteiger partial charge in [0, 0.05) is 15.6 Å². The van der Waals surface area contributed by atoms with E-state index in [2.05, 4.69) is 47.0 Å². The maximum absolute atomic E-state index is 12.6. The van der Waals surface area contributed by atoms with Crippen LogP contribution in [0, 0.1) is 6.92 Å². The Labute approximate surface area is 167 Å². The van der Waals surface area contributed by atoms with Gasteiger partial charge in [-0.25, -0.2) is 5.10 Å². The third kappa shape index (κ3) is 2.63. The molecule has 9 heteroatoms. The number of aromatic amines is 1. The largest absolute Gasteiger partial charge is 0.318 e. The lowest BCUT2D eigenvalue weighted by Crippen LogP contribution is -2.29. The van der Waals surface area contributed by atoms with E-state index in [1.807, 2.05) is 55.5 Å². The van der Waals surface area contributed by atoms with Gasteiger partial charge in [-0.2, -0.15) is 9.78 Å². The first-order valence-electron chi connectivity index (χ1n) is 8.62. The highest BCUT2D eigenvalue weighted by molar-refractivity contribution is 9.10. The summed E-state index contributed by atoms with van der Waals surface area (Å²) < 4.78 is 2.64. The number of aromatic nitrogens is 6. The highest BCUT2D eigenvalue weighted by atomic mass is 79.9. The summed E-state index contributed by atoms with van der Waals surface area (Å²) >= 11 is 3.45. The number of halogens is 1. The predicted molar refractivity (Wildman–Crippen MR) is 108 cm³/mol. The van der Waals surface area contributed by atoms with Crippen LogP contribution < -0.4 is 10.9 Å². The lowest BCUT2D eigenvalue weighted by Gasteiger charge is -2.27. The molecular formula is C19H14BrN7O. The van der Waals surface area contributed by atoms with E-state index in [9.17, 15) is 4.79 Å². The van der Waals surface area contributed by atoms with Gasteiger partial charge in [-0.3, -0.25) is 4.79 Å². The van der Waals surface area contributed by atoms with Crippen LogP contribution in [0.3, 0.4) is 0 Å². The molecule has 1 aliphatic heterocycles. The number of H-pyrrole nitrogens is 1. The van der Waals surface area contributed by atoms with Crippen molar-refractivity contribution in [2.75, 3.05) is 5.32 Å². The molecule has 2 N–H and O–H groups in total. The second kappa shape index (κ2) is 6.38. The van der Waals surface area contributed by atoms with Crippen LogP contribution in [0.1, 0.15) is 22.7 Å². The Hall–Kier alpha value is -3.33. The van der Waals surface area contributed by atoms with Crippen molar-refractivity contribution >= 4 is 27.6 Å². The van der Waals surface area contributed by atoms with E-state index in [1.165, 1.54) is 0 Å². The van der Waals surface area contributed by atoms with Gasteiger partial charge in [0.15, 0.2) is 0 Å². The van der Waals surface area contributed by atoms with Gasteiger partial charge in [-0.05, 0) is 35.0 Å². The van der Waals surface area contributed by atoms with Crippen LogP contribution in [0.25, 0.3) is 11.3 Å². The molecule has 2 aromatic carbocycles. The van der Waals surface area contributed by atoms with E-state index in [0.717, 1.165) is 26.7 Å². The van der Waals surface area contributed by atoms with Crippen LogP contribution in [-0.2, 0) is 0 Å². The number of tetrazole rings is 1. The van der Waals surface area contributed by atoms with Crippen molar-refractivity contribution in [2.24, 2.45) is 0 Å². The molecular weight excluding hydrogens is 422 g/mol. The maximum Gasteiger partial charge on any atom is 0.288 e. The van der Waals surface area contributed by atoms with Gasteiger partial charge in [-0.1, -0.05) is 63.0 Å². The third-order valence-corrected chi connectivity index (χ3v) is 5.31. The summed E-state index contributed by atoms with van der Waals surface area (Å²) in [6, 6.07) is 15.5. The summed E-state index contributed by atoms with van der Waals surface area (Å²) in [5.41, 5.74) is 4.48. The normalized spacial score (nSPS) is 14.9. The molecule has 0 amide bonds. The maximum atomic E-state index is 12.6. The Bertz CT molecular complexity index is 1230. The molecule has 0 aliphatic carbocycles. The first kappa shape index (κ1) is 16.8. The van der Waals surface area contributed by atoms with Gasteiger partial charge in [0.25, 0.3) is 5.56 Å². The average molecular weight is 436 g/mol. The fraction of sp³-hybridized carbons (Fsp3) is 0.105. The van der Waals surface area contributed by atoms with E-state index in [0.29, 0.717) is 17.3 Å². The lowest BCUT2D eigenvalue weighted by atomic mass is 9.92. The van der Waals surface area contributed by atoms with Crippen LogP contribution in [-0.4, -0.2) is 30.4 Å². The molecule has 5 rings (SSSR count). The molecule has 0 fully saturated rings. The first-order chi connectivity index (χ1) is 13.6. The molecule has 3 heterocycles. The molecule has 2 aromatic heterocycles. The molecule has 8 nitrogen and oxygen atoms in total. The number of fused-ring (bicyclic) bond motifs is 2. The summed E-state index contributed by atoms with van der Waals surface area (Å²) in [6.45, 7) is 2.03. The Morgan fingerprint density at radius 3 is 2.57 bits per heavy atom. The van der Waals surface area contributed by atoms with E-state index < -0.39 is 0 Å². The highest BCUT2D eigenvalue weighted by Gasteiger charge is 2.34. The molecule has 1 aliphatic rings. The van der Waals surface area contributed by atoms with Gasteiger partial charge >= 0.3 is 0 Å². The lowest BCUT2D eigenvalue weighted by molar-refractivity contribution is 0.567. The molecule has 0 bridgehead atoms. The molecule has 0 saturated heterocycles. The van der Waals surface area contributed by atoms with E-state index in [-0.39, 0.29) is 11.6 Å². The summed E-state index contributed by atoms with van der Waals surface area (Å²) in [7, 11) is 0. The smallest absolute Gasteiger partial charge is 0.288 e. The van der Waals surface area contributed by atoms with Crippen molar-refractivity contribution in [3.8, 4) is 11.3 Å². The van der Waals surface area contributed by atoms with E-state index in [4.69, 9.17) is 0 Å². The number of benzene rings is 2. The zero-order valence-electron chi connectivity index (χ0n) is 14.7. The Balaban J connectivity index is 1.81. The number of rotatable bonds is 2. The van der Waals surface area contributed by atoms with Crippen molar-refractivity contribution in [2.45, 2.75) is 13.0 Å². The molecule has 0 spiro atoms. The number of hydrogen-bond acceptors (Lipinski definition) is 6. The van der Waals surface area contributed by atoms with E-state index in [1.54, 1.807) is 4.68 Å². The SMILES string of the molecule is Cc1ccc([C@@H]2c3c(-c4ccc(Br)cc4)n[nH]c(=O)c3Nc3nnnn32)cc1. The third-order valence-electron chi connectivity index (χ3n) is 4.78. The molecule has 0 unspecified atom stereocenters. The van der Waals surface area contributed by atoms with Crippen molar-refractivity contribution < 1.29 is 0 Å². The van der Waals surface area contributed by atoms with Crippen molar-refractivity contribution in [1.29, 1.82) is 0 Å². The number of aryl methyl sites for hydroxylation is 1. The zero-order chi connectivity index (χ0) is 19.3. The predicted octanol–water partition coefficient (Wildman–Crippen LogP) is 3.19. The minimum absolute atomic E-state index is 0.317. The molecule has 138 valence electrons. The van der Waals surface area contributed by atoms with E-state index >= 15 is 0 Å². The molecule has 0 saturated carbocycles. The number of anilines is 2. The van der Waals surface area contributed by atoms with Crippen LogP contribution in [0.15, 0.2) is 57.8 Å². The highest BCUT2D eigenvalue weighted by Crippen LogP contribution is 2.41. The summed E-state index contributed by atoms with van der Waals surface area (Å²) in [4.78, 5) is 12.6. The minimum Gasteiger partial charge on any atom is -0.318 e. The second-order valence-corrected chi connectivity index (χ2v) is 7.50. The van der Waals surface area contributed by atoms with Crippen molar-refractivity contribution in [3.63, 3.8) is 0 Å². The summed E-state index contributed by atoms with van der Waals surface area (Å²) in [6.07, 6.45) is 0. The van der Waals surface area contributed by atoms with Crippen LogP contribution in [0.4, 0.5) is 11.6 Å². The molecule has 1 atom stereocenters. The fourth-order valence-electron chi connectivity index (χ4n) is 3.42. The van der Waals surface area contributed by atoms with Crippen LogP contribution in [0.5, 0.6) is 0 Å². The second-order valence-electron chi connectivity index (χ2n) is 6.58. The topological polar surface area (TPSA) is 101 Å². The monoisotopic (exact) mass is 435 g/mol. The Kier molecular flexibility index (Phi) is 3.83. The summed E-state index contributed by atoms with van der Waals surface area (Å²) in [5.74, 6) is 0.413.